The van der Waals surface area contributed by atoms with Gasteiger partial charge in [-0.15, -0.1) is 0 Å². The lowest BCUT2D eigenvalue weighted by atomic mass is 9.90. The molecule has 28 heavy (non-hydrogen) atoms. The molecule has 0 bridgehead atoms. The van der Waals surface area contributed by atoms with Crippen molar-refractivity contribution in [2.75, 3.05) is 45.0 Å². The molecule has 0 spiro atoms. The third kappa shape index (κ3) is 4.86. The van der Waals surface area contributed by atoms with E-state index < -0.39 is 0 Å². The van der Waals surface area contributed by atoms with Crippen molar-refractivity contribution in [2.45, 2.75) is 6.04 Å². The molecule has 0 saturated carbocycles. The summed E-state index contributed by atoms with van der Waals surface area (Å²) in [6, 6.07) is 18.0. The highest BCUT2D eigenvalue weighted by Gasteiger charge is 2.13. The number of rotatable bonds is 5. The second-order valence-electron chi connectivity index (χ2n) is 7.34. The van der Waals surface area contributed by atoms with Crippen LogP contribution in [-0.2, 0) is 0 Å². The maximum atomic E-state index is 2.26. The minimum atomic E-state index is 0. The molecule has 1 aliphatic rings. The average Bonchev–Trinajstić information content (AvgIpc) is 2.69. The number of likely N-dealkylation sites (N-methyl/N-ethyl adjacent to an activating group) is 1. The van der Waals surface area contributed by atoms with E-state index in [1.165, 1.54) is 33.6 Å². The van der Waals surface area contributed by atoms with Gasteiger partial charge in [-0.1, -0.05) is 36.4 Å². The van der Waals surface area contributed by atoms with Gasteiger partial charge in [-0.2, -0.15) is 0 Å². The van der Waals surface area contributed by atoms with Crippen LogP contribution in [0, 0.1) is 0 Å². The zero-order valence-corrected chi connectivity index (χ0v) is 18.1. The van der Waals surface area contributed by atoms with Crippen molar-refractivity contribution in [1.82, 2.24) is 0 Å². The van der Waals surface area contributed by atoms with Crippen molar-refractivity contribution in [3.8, 4) is 0 Å². The van der Waals surface area contributed by atoms with Gasteiger partial charge in [0.05, 0.1) is 7.05 Å². The fourth-order valence-corrected chi connectivity index (χ4v) is 3.29. The van der Waals surface area contributed by atoms with Gasteiger partial charge in [-0.3, -0.25) is 0 Å². The molecule has 3 rings (SSSR count). The van der Waals surface area contributed by atoms with Gasteiger partial charge in [-0.05, 0) is 58.7 Å². The van der Waals surface area contributed by atoms with Gasteiger partial charge in [0, 0.05) is 39.6 Å². The van der Waals surface area contributed by atoms with Gasteiger partial charge in [0.2, 0.25) is 0 Å². The smallest absolute Gasteiger partial charge is 0.124 e. The van der Waals surface area contributed by atoms with Crippen molar-refractivity contribution >= 4 is 16.9 Å². The molecule has 0 heterocycles. The van der Waals surface area contributed by atoms with Crippen LogP contribution in [0.5, 0.6) is 0 Å². The van der Waals surface area contributed by atoms with Crippen LogP contribution in [0.25, 0.3) is 5.57 Å². The van der Waals surface area contributed by atoms with Crippen molar-refractivity contribution in [3.63, 3.8) is 0 Å². The first-order valence-corrected chi connectivity index (χ1v) is 9.45. The molecule has 1 aliphatic carbocycles. The molecule has 4 heteroatoms. The highest BCUT2D eigenvalue weighted by Crippen LogP contribution is 2.31. The van der Waals surface area contributed by atoms with Crippen molar-refractivity contribution < 1.29 is 17.7 Å². The standard InChI is InChI=1S/C24H29N3.ClH/c1-25-21-12-6-18(7-13-21)24(19-8-14-22(15-9-19)26(2)3)20-10-16-23(17-11-20)27(4)5;/h6-17,21,25H,1-5H3;1H. The Labute approximate surface area is 175 Å². The molecule has 0 fully saturated rings. The Morgan fingerprint density at radius 2 is 1.11 bits per heavy atom. The van der Waals surface area contributed by atoms with Crippen LogP contribution in [0.4, 0.5) is 11.4 Å². The molecule has 0 aromatic heterocycles. The zero-order valence-electron chi connectivity index (χ0n) is 17.4. The average molecular weight is 396 g/mol. The minimum Gasteiger partial charge on any atom is -1.00 e. The van der Waals surface area contributed by atoms with Gasteiger partial charge < -0.3 is 27.5 Å². The van der Waals surface area contributed by atoms with E-state index in [2.05, 4.69) is 123 Å². The van der Waals surface area contributed by atoms with Crippen LogP contribution in [0.1, 0.15) is 11.1 Å². The predicted molar refractivity (Wildman–Crippen MR) is 117 cm³/mol. The summed E-state index contributed by atoms with van der Waals surface area (Å²) in [6.07, 6.45) is 9.02. The second-order valence-corrected chi connectivity index (χ2v) is 7.34. The highest BCUT2D eigenvalue weighted by atomic mass is 35.5. The maximum absolute atomic E-state index is 2.26. The Balaban J connectivity index is 0.00000280. The molecule has 2 aromatic rings. The van der Waals surface area contributed by atoms with Gasteiger partial charge in [0.1, 0.15) is 6.04 Å². The molecule has 0 unspecified atom stereocenters. The third-order valence-electron chi connectivity index (χ3n) is 5.01. The summed E-state index contributed by atoms with van der Waals surface area (Å²) in [5, 5.41) is 2.21. The fourth-order valence-electron chi connectivity index (χ4n) is 3.29. The molecule has 0 amide bonds. The third-order valence-corrected chi connectivity index (χ3v) is 5.01. The molecule has 148 valence electrons. The van der Waals surface area contributed by atoms with Crippen molar-refractivity contribution in [2.24, 2.45) is 0 Å². The Hall–Kier alpha value is -2.49. The number of benzene rings is 2. The van der Waals surface area contributed by atoms with E-state index in [1.54, 1.807) is 0 Å². The van der Waals surface area contributed by atoms with E-state index in [0.29, 0.717) is 6.04 Å². The van der Waals surface area contributed by atoms with Gasteiger partial charge >= 0.3 is 0 Å². The van der Waals surface area contributed by atoms with E-state index in [4.69, 9.17) is 0 Å². The number of allylic oxidation sites excluding steroid dienone is 3. The van der Waals surface area contributed by atoms with Gasteiger partial charge in [-0.25, -0.2) is 0 Å². The Bertz CT molecular complexity index is 790. The van der Waals surface area contributed by atoms with Crippen LogP contribution in [0.3, 0.4) is 0 Å². The molecule has 0 saturated heterocycles. The Morgan fingerprint density at radius 1 is 0.714 bits per heavy atom. The van der Waals surface area contributed by atoms with E-state index in [1.807, 2.05) is 0 Å². The number of anilines is 2. The van der Waals surface area contributed by atoms with Crippen molar-refractivity contribution in [1.29, 1.82) is 0 Å². The lowest BCUT2D eigenvalue weighted by Crippen LogP contribution is -3.00. The van der Waals surface area contributed by atoms with Crippen LogP contribution in [0.2, 0.25) is 0 Å². The van der Waals surface area contributed by atoms with Crippen LogP contribution >= 0.6 is 0 Å². The van der Waals surface area contributed by atoms with Gasteiger partial charge in [0.15, 0.2) is 0 Å². The number of halogens is 1. The summed E-state index contributed by atoms with van der Waals surface area (Å²) in [7, 11) is 10.4. The number of nitrogens with two attached hydrogens (primary N) is 1. The van der Waals surface area contributed by atoms with E-state index in [0.717, 1.165) is 0 Å². The fraction of sp³-hybridized carbons (Fsp3) is 0.250. The van der Waals surface area contributed by atoms with Crippen LogP contribution in [-0.4, -0.2) is 41.3 Å². The molecule has 2 N–H and O–H groups in total. The molecule has 0 aliphatic heterocycles. The summed E-state index contributed by atoms with van der Waals surface area (Å²) in [5.41, 5.74) is 7.42. The quantitative estimate of drug-likeness (QED) is 0.787. The number of quaternary nitrogens is 1. The van der Waals surface area contributed by atoms with Crippen LogP contribution < -0.4 is 27.5 Å². The molecule has 2 aromatic carbocycles. The summed E-state index contributed by atoms with van der Waals surface area (Å²) < 4.78 is 0. The summed E-state index contributed by atoms with van der Waals surface area (Å²) >= 11 is 0. The zero-order chi connectivity index (χ0) is 19.4. The molecular weight excluding hydrogens is 366 g/mol. The van der Waals surface area contributed by atoms with E-state index >= 15 is 0 Å². The summed E-state index contributed by atoms with van der Waals surface area (Å²) in [6.45, 7) is 0. The predicted octanol–water partition coefficient (Wildman–Crippen LogP) is 0.312. The summed E-state index contributed by atoms with van der Waals surface area (Å²) in [5.74, 6) is 0. The first-order valence-electron chi connectivity index (χ1n) is 9.45. The molecular formula is C24H30ClN3. The highest BCUT2D eigenvalue weighted by molar-refractivity contribution is 5.86. The summed E-state index contributed by atoms with van der Waals surface area (Å²) in [4.78, 5) is 4.26. The maximum Gasteiger partial charge on any atom is 0.124 e. The minimum absolute atomic E-state index is 0. The SMILES string of the molecule is C[NH2+]C1C=CC(=C(c2ccc(N(C)C)cc2)c2ccc(N(C)C)cc2)C=C1.[Cl-]. The number of nitrogens with zero attached hydrogens (tertiary/aromatic N) is 2. The van der Waals surface area contributed by atoms with Crippen molar-refractivity contribution in [3.05, 3.63) is 89.5 Å². The monoisotopic (exact) mass is 395 g/mol. The lowest BCUT2D eigenvalue weighted by Gasteiger charge is -2.18. The van der Waals surface area contributed by atoms with E-state index in [9.17, 15) is 0 Å². The second kappa shape index (κ2) is 9.63. The molecule has 0 radical (unpaired) electrons. The van der Waals surface area contributed by atoms with Crippen LogP contribution in [0.15, 0.2) is 78.4 Å². The topological polar surface area (TPSA) is 23.1 Å². The normalized spacial score (nSPS) is 15.2. The largest absolute Gasteiger partial charge is 1.00 e. The first kappa shape index (κ1) is 21.8. The molecule has 3 nitrogen and oxygen atoms in total. The Kier molecular flexibility index (Phi) is 7.50. The van der Waals surface area contributed by atoms with Gasteiger partial charge in [0.25, 0.3) is 0 Å². The number of hydrogen-bond acceptors (Lipinski definition) is 2. The Morgan fingerprint density at radius 3 is 1.43 bits per heavy atom. The van der Waals surface area contributed by atoms with E-state index in [-0.39, 0.29) is 12.4 Å². The number of hydrogen-bond donors (Lipinski definition) is 1. The first-order chi connectivity index (χ1) is 13.0. The lowest BCUT2D eigenvalue weighted by molar-refractivity contribution is -0.642. The molecule has 0 atom stereocenters.